The molecule has 0 atom stereocenters. The minimum atomic E-state index is 0.353. The molecule has 4 aromatic rings. The lowest BCUT2D eigenvalue weighted by molar-refractivity contribution is 0.493. The maximum absolute atomic E-state index is 5.15. The Balaban J connectivity index is 1.48. The van der Waals surface area contributed by atoms with Crippen LogP contribution in [0.25, 0.3) is 22.3 Å². The summed E-state index contributed by atoms with van der Waals surface area (Å²) in [5.74, 6) is 1.40. The molecule has 1 aliphatic rings. The molecule has 0 unspecified atom stereocenters. The van der Waals surface area contributed by atoms with Gasteiger partial charge in [0, 0.05) is 36.3 Å². The van der Waals surface area contributed by atoms with E-state index in [9.17, 15) is 0 Å². The number of aromatic nitrogens is 5. The van der Waals surface area contributed by atoms with E-state index in [4.69, 9.17) is 9.97 Å². The second-order valence-corrected chi connectivity index (χ2v) is 8.67. The van der Waals surface area contributed by atoms with Crippen LogP contribution in [0.4, 0.5) is 5.82 Å². The van der Waals surface area contributed by atoms with Gasteiger partial charge in [-0.05, 0) is 51.8 Å². The van der Waals surface area contributed by atoms with Crippen molar-refractivity contribution in [3.05, 3.63) is 66.2 Å². The van der Waals surface area contributed by atoms with Crippen LogP contribution in [0, 0.1) is 6.92 Å². The first-order valence-corrected chi connectivity index (χ1v) is 11.1. The first-order valence-electron chi connectivity index (χ1n) is 11.1. The van der Waals surface area contributed by atoms with Crippen molar-refractivity contribution in [2.45, 2.75) is 45.6 Å². The molecule has 5 rings (SSSR count). The molecule has 1 aromatic carbocycles. The van der Waals surface area contributed by atoms with Crippen molar-refractivity contribution in [1.29, 1.82) is 0 Å². The molecule has 1 aliphatic heterocycles. The zero-order chi connectivity index (χ0) is 21.4. The zero-order valence-corrected chi connectivity index (χ0v) is 18.4. The van der Waals surface area contributed by atoms with E-state index in [1.54, 1.807) is 0 Å². The quantitative estimate of drug-likeness (QED) is 0.463. The standard InChI is InChI=1S/C25H28N6/c1-17(2)31-16-26-25-22(31)15-21(27-24(25)20-7-5-4-6-8-20)19-11-13-30(14-12-19)23-10-9-18(3)28-29-23/h4-10,15-17,19H,11-14H2,1-3H3. The molecule has 0 aliphatic carbocycles. The molecule has 0 bridgehead atoms. The lowest BCUT2D eigenvalue weighted by Gasteiger charge is -2.32. The van der Waals surface area contributed by atoms with E-state index in [0.29, 0.717) is 12.0 Å². The van der Waals surface area contributed by atoms with Crippen LogP contribution in [0.15, 0.2) is 54.9 Å². The Morgan fingerprint density at radius 1 is 0.968 bits per heavy atom. The van der Waals surface area contributed by atoms with Crippen molar-refractivity contribution in [2.24, 2.45) is 0 Å². The third-order valence-electron chi connectivity index (χ3n) is 6.21. The molecule has 3 aromatic heterocycles. The molecular formula is C25H28N6. The van der Waals surface area contributed by atoms with Crippen molar-refractivity contribution in [3.8, 4) is 11.3 Å². The average molecular weight is 413 g/mol. The smallest absolute Gasteiger partial charge is 0.151 e. The van der Waals surface area contributed by atoms with Crippen LogP contribution in [-0.2, 0) is 0 Å². The minimum Gasteiger partial charge on any atom is -0.355 e. The Kier molecular flexibility index (Phi) is 5.14. The first-order chi connectivity index (χ1) is 15.1. The molecule has 0 spiro atoms. The number of benzene rings is 1. The number of fused-ring (bicyclic) bond motifs is 1. The highest BCUT2D eigenvalue weighted by molar-refractivity contribution is 5.90. The molecule has 6 nitrogen and oxygen atoms in total. The van der Waals surface area contributed by atoms with Gasteiger partial charge in [0.25, 0.3) is 0 Å². The van der Waals surface area contributed by atoms with Gasteiger partial charge in [0.15, 0.2) is 5.82 Å². The fourth-order valence-corrected chi connectivity index (χ4v) is 4.43. The van der Waals surface area contributed by atoms with Crippen LogP contribution < -0.4 is 4.90 Å². The number of piperidine rings is 1. The normalized spacial score (nSPS) is 15.2. The molecular weight excluding hydrogens is 384 g/mol. The van der Waals surface area contributed by atoms with Crippen LogP contribution in [0.3, 0.4) is 0 Å². The predicted molar refractivity (Wildman–Crippen MR) is 124 cm³/mol. The molecule has 4 heterocycles. The summed E-state index contributed by atoms with van der Waals surface area (Å²) >= 11 is 0. The van der Waals surface area contributed by atoms with E-state index in [1.165, 1.54) is 11.2 Å². The van der Waals surface area contributed by atoms with Crippen LogP contribution in [-0.4, -0.2) is 37.8 Å². The Bertz CT molecular complexity index is 1170. The van der Waals surface area contributed by atoms with E-state index in [2.05, 4.69) is 69.9 Å². The number of hydrogen-bond acceptors (Lipinski definition) is 5. The van der Waals surface area contributed by atoms with Crippen LogP contribution in [0.1, 0.15) is 50.0 Å². The van der Waals surface area contributed by atoms with E-state index in [-0.39, 0.29) is 0 Å². The first kappa shape index (κ1) is 19.7. The number of aryl methyl sites for hydroxylation is 1. The van der Waals surface area contributed by atoms with Gasteiger partial charge in [-0.3, -0.25) is 4.98 Å². The van der Waals surface area contributed by atoms with Crippen molar-refractivity contribution in [2.75, 3.05) is 18.0 Å². The van der Waals surface area contributed by atoms with Gasteiger partial charge in [-0.15, -0.1) is 5.10 Å². The predicted octanol–water partition coefficient (Wildman–Crippen LogP) is 5.16. The number of hydrogen-bond donors (Lipinski definition) is 0. The summed E-state index contributed by atoms with van der Waals surface area (Å²) in [5, 5.41) is 8.58. The average Bonchev–Trinajstić information content (AvgIpc) is 3.24. The molecule has 0 radical (unpaired) electrons. The summed E-state index contributed by atoms with van der Waals surface area (Å²) in [4.78, 5) is 12.2. The molecule has 31 heavy (non-hydrogen) atoms. The van der Waals surface area contributed by atoms with Crippen LogP contribution in [0.2, 0.25) is 0 Å². The van der Waals surface area contributed by atoms with E-state index in [0.717, 1.165) is 54.2 Å². The van der Waals surface area contributed by atoms with Gasteiger partial charge < -0.3 is 9.47 Å². The second kappa shape index (κ2) is 8.10. The highest BCUT2D eigenvalue weighted by Crippen LogP contribution is 2.34. The number of pyridine rings is 1. The highest BCUT2D eigenvalue weighted by Gasteiger charge is 2.25. The fraction of sp³-hybridized carbons (Fsp3) is 0.360. The lowest BCUT2D eigenvalue weighted by Crippen LogP contribution is -2.33. The molecule has 1 saturated heterocycles. The fourth-order valence-electron chi connectivity index (χ4n) is 4.43. The third-order valence-corrected chi connectivity index (χ3v) is 6.21. The summed E-state index contributed by atoms with van der Waals surface area (Å²) in [5.41, 5.74) is 6.38. The van der Waals surface area contributed by atoms with Gasteiger partial charge in [-0.1, -0.05) is 30.3 Å². The summed E-state index contributed by atoms with van der Waals surface area (Å²) in [6, 6.07) is 17.1. The van der Waals surface area contributed by atoms with E-state index >= 15 is 0 Å². The van der Waals surface area contributed by atoms with E-state index < -0.39 is 0 Å². The summed E-state index contributed by atoms with van der Waals surface area (Å²) in [7, 11) is 0. The van der Waals surface area contributed by atoms with Gasteiger partial charge in [0.05, 0.1) is 23.2 Å². The van der Waals surface area contributed by atoms with E-state index in [1.807, 2.05) is 25.4 Å². The number of imidazole rings is 1. The van der Waals surface area contributed by atoms with Crippen molar-refractivity contribution < 1.29 is 0 Å². The summed E-state index contributed by atoms with van der Waals surface area (Å²) in [6.07, 6.45) is 4.06. The molecule has 1 fully saturated rings. The minimum absolute atomic E-state index is 0.353. The number of anilines is 1. The molecule has 0 amide bonds. The molecule has 6 heteroatoms. The summed E-state index contributed by atoms with van der Waals surface area (Å²) in [6.45, 7) is 8.30. The topological polar surface area (TPSA) is 59.7 Å². The zero-order valence-electron chi connectivity index (χ0n) is 18.4. The molecule has 0 saturated carbocycles. The Morgan fingerprint density at radius 3 is 2.42 bits per heavy atom. The lowest BCUT2D eigenvalue weighted by atomic mass is 9.92. The largest absolute Gasteiger partial charge is 0.355 e. The maximum atomic E-state index is 5.15. The molecule has 158 valence electrons. The highest BCUT2D eigenvalue weighted by atomic mass is 15.3. The Labute approximate surface area is 183 Å². The van der Waals surface area contributed by atoms with Crippen LogP contribution >= 0.6 is 0 Å². The third kappa shape index (κ3) is 3.78. The van der Waals surface area contributed by atoms with Gasteiger partial charge in [0.1, 0.15) is 5.52 Å². The van der Waals surface area contributed by atoms with Crippen molar-refractivity contribution in [3.63, 3.8) is 0 Å². The van der Waals surface area contributed by atoms with Gasteiger partial charge in [-0.25, -0.2) is 4.98 Å². The Morgan fingerprint density at radius 2 is 1.74 bits per heavy atom. The maximum Gasteiger partial charge on any atom is 0.151 e. The number of nitrogens with zero attached hydrogens (tertiary/aromatic N) is 6. The Hall–Kier alpha value is -3.28. The van der Waals surface area contributed by atoms with Gasteiger partial charge in [-0.2, -0.15) is 5.10 Å². The summed E-state index contributed by atoms with van der Waals surface area (Å²) < 4.78 is 2.25. The number of rotatable bonds is 4. The van der Waals surface area contributed by atoms with Crippen molar-refractivity contribution in [1.82, 2.24) is 24.7 Å². The van der Waals surface area contributed by atoms with Crippen molar-refractivity contribution >= 4 is 16.9 Å². The molecule has 0 N–H and O–H groups in total. The monoisotopic (exact) mass is 412 g/mol. The van der Waals surface area contributed by atoms with Gasteiger partial charge in [0.2, 0.25) is 0 Å². The second-order valence-electron chi connectivity index (χ2n) is 8.67. The van der Waals surface area contributed by atoms with Gasteiger partial charge >= 0.3 is 0 Å². The van der Waals surface area contributed by atoms with Crippen LogP contribution in [0.5, 0.6) is 0 Å². The SMILES string of the molecule is Cc1ccc(N2CCC(c3cc4c(ncn4C(C)C)c(-c4ccccc4)n3)CC2)nn1.